The Morgan fingerprint density at radius 3 is 3.07 bits per heavy atom. The van der Waals surface area contributed by atoms with Gasteiger partial charge in [-0.2, -0.15) is 0 Å². The molecular formula is C23H34O5. The van der Waals surface area contributed by atoms with E-state index >= 15 is 0 Å². The van der Waals surface area contributed by atoms with E-state index in [2.05, 4.69) is 0 Å². The topological polar surface area (TPSA) is 87.0 Å². The molecule has 0 heterocycles. The minimum Gasteiger partial charge on any atom is -0.482 e. The number of carboxylic acids is 1. The highest BCUT2D eigenvalue weighted by Crippen LogP contribution is 2.48. The number of aliphatic carboxylic acids is 1. The van der Waals surface area contributed by atoms with Crippen LogP contribution in [0.3, 0.4) is 0 Å². The number of carbonyl (C=O) groups is 1. The lowest BCUT2D eigenvalue weighted by Gasteiger charge is -2.32. The average molecular weight is 401 g/mol. The Kier molecular flexibility index (Phi) is 4.02. The van der Waals surface area contributed by atoms with Crippen molar-refractivity contribution in [2.24, 2.45) is 17.8 Å². The molecule has 0 bridgehead atoms. The predicted octanol–water partition coefficient (Wildman–Crippen LogP) is 3.58. The van der Waals surface area contributed by atoms with Gasteiger partial charge in [-0.25, -0.2) is 4.79 Å². The van der Waals surface area contributed by atoms with Gasteiger partial charge in [0.15, 0.2) is 6.61 Å². The van der Waals surface area contributed by atoms with Gasteiger partial charge in [0.05, 0.1) is 13.6 Å². The van der Waals surface area contributed by atoms with Gasteiger partial charge in [-0.3, -0.25) is 0 Å². The van der Waals surface area contributed by atoms with Crippen LogP contribution in [0, 0.1) is 17.8 Å². The van der Waals surface area contributed by atoms with E-state index in [9.17, 15) is 15.0 Å². The molecule has 0 amide bonds. The molecule has 0 spiro atoms. The fourth-order valence-electron chi connectivity index (χ4n) is 4.44. The van der Waals surface area contributed by atoms with Crippen LogP contribution in [0.2, 0.25) is 0 Å². The van der Waals surface area contributed by atoms with Crippen molar-refractivity contribution in [2.45, 2.75) is 76.7 Å². The van der Waals surface area contributed by atoms with Gasteiger partial charge in [0.2, 0.25) is 0 Å². The summed E-state index contributed by atoms with van der Waals surface area (Å²) in [4.78, 5) is 10.9. The highest BCUT2D eigenvalue weighted by atomic mass is 16.5. The molecule has 2 aliphatic rings. The summed E-state index contributed by atoms with van der Waals surface area (Å²) in [6, 6.07) is 5.20. The van der Waals surface area contributed by atoms with Crippen molar-refractivity contribution in [3.8, 4) is 5.75 Å². The SMILES string of the molecule is [2H]C([2H])(C[C@]([2H])(O)CCC([2H])([2H])C([2H])([2H])C([2H])([2H])[2H])[C@@H]1[C@H]2Cc3cccc(OCC(=O)O)c3C[C@H]2C[C@H]1O. The summed E-state index contributed by atoms with van der Waals surface area (Å²) in [7, 11) is 0. The molecular weight excluding hydrogens is 356 g/mol. The van der Waals surface area contributed by atoms with E-state index < -0.39 is 75.9 Å². The summed E-state index contributed by atoms with van der Waals surface area (Å²) in [5, 5.41) is 30.5. The molecule has 0 saturated heterocycles. The van der Waals surface area contributed by atoms with Crippen LogP contribution < -0.4 is 4.74 Å². The monoisotopic (exact) mass is 400 g/mol. The number of hydrogen-bond donors (Lipinski definition) is 3. The van der Waals surface area contributed by atoms with Crippen molar-refractivity contribution in [1.29, 1.82) is 0 Å². The third-order valence-corrected chi connectivity index (χ3v) is 5.70. The molecule has 1 saturated carbocycles. The van der Waals surface area contributed by atoms with Crippen LogP contribution in [0.15, 0.2) is 18.2 Å². The number of benzene rings is 1. The standard InChI is InChI=1S/C23H34O5/c1-2-3-4-7-17(24)9-10-18-19-11-15-6-5-8-22(28-14-23(26)27)20(15)12-16(19)13-21(18)25/h5-6,8,16-19,21,24-25H,2-4,7,9-14H2,1H3,(H,26,27)/t16-,17+,18+,19-,21+/m0/s1/i1D3,2D2,3D2,10D2,17D. The van der Waals surface area contributed by atoms with E-state index in [0.717, 1.165) is 11.1 Å². The van der Waals surface area contributed by atoms with Gasteiger partial charge in [0.25, 0.3) is 0 Å². The van der Waals surface area contributed by atoms with E-state index in [0.29, 0.717) is 18.6 Å². The summed E-state index contributed by atoms with van der Waals surface area (Å²) in [5.41, 5.74) is 1.65. The lowest BCUT2D eigenvalue weighted by molar-refractivity contribution is -0.139. The van der Waals surface area contributed by atoms with Gasteiger partial charge in [-0.15, -0.1) is 0 Å². The van der Waals surface area contributed by atoms with E-state index in [1.165, 1.54) is 0 Å². The molecule has 1 fully saturated rings. The molecule has 5 atom stereocenters. The minimum absolute atomic E-state index is 0.147. The minimum atomic E-state index is -3.27. The molecule has 3 rings (SSSR count). The number of fused-ring (bicyclic) bond motifs is 2. The van der Waals surface area contributed by atoms with Crippen molar-refractivity contribution < 1.29 is 38.6 Å². The van der Waals surface area contributed by atoms with Gasteiger partial charge < -0.3 is 20.1 Å². The zero-order valence-electron chi connectivity index (χ0n) is 25.6. The van der Waals surface area contributed by atoms with Gasteiger partial charge in [0.1, 0.15) is 5.75 Å². The highest BCUT2D eigenvalue weighted by molar-refractivity contribution is 5.68. The Labute approximate surface area is 181 Å². The first-order chi connectivity index (χ1) is 17.2. The van der Waals surface area contributed by atoms with Gasteiger partial charge in [-0.05, 0) is 73.4 Å². The molecule has 156 valence electrons. The fourth-order valence-corrected chi connectivity index (χ4v) is 4.44. The normalized spacial score (nSPS) is 35.5. The first-order valence-corrected chi connectivity index (χ1v) is 9.54. The van der Waals surface area contributed by atoms with Crippen LogP contribution in [0.5, 0.6) is 5.75 Å². The Morgan fingerprint density at radius 2 is 2.29 bits per heavy atom. The lowest BCUT2D eigenvalue weighted by Crippen LogP contribution is -2.28. The highest BCUT2D eigenvalue weighted by Gasteiger charge is 2.44. The largest absolute Gasteiger partial charge is 0.482 e. The van der Waals surface area contributed by atoms with Crippen molar-refractivity contribution in [3.05, 3.63) is 29.3 Å². The number of aliphatic hydroxyl groups is 2. The average Bonchev–Trinajstić information content (AvgIpc) is 3.08. The zero-order chi connectivity index (χ0) is 28.9. The first-order valence-electron chi connectivity index (χ1n) is 14.5. The molecule has 5 nitrogen and oxygen atoms in total. The maximum atomic E-state index is 10.9. The third-order valence-electron chi connectivity index (χ3n) is 5.70. The smallest absolute Gasteiger partial charge is 0.341 e. The molecule has 0 aliphatic heterocycles. The van der Waals surface area contributed by atoms with Crippen LogP contribution >= 0.6 is 0 Å². The van der Waals surface area contributed by atoms with Crippen LogP contribution in [0.1, 0.15) is 76.5 Å². The summed E-state index contributed by atoms with van der Waals surface area (Å²) in [6.07, 6.45) is -13.3. The Hall–Kier alpha value is -1.59. The second-order valence-corrected chi connectivity index (χ2v) is 7.49. The van der Waals surface area contributed by atoms with E-state index in [1.807, 2.05) is 6.07 Å². The third kappa shape index (κ3) is 5.06. The number of ether oxygens (including phenoxy) is 1. The summed E-state index contributed by atoms with van der Waals surface area (Å²) in [5.74, 6) is -2.13. The van der Waals surface area contributed by atoms with Gasteiger partial charge >= 0.3 is 5.97 Å². The summed E-state index contributed by atoms with van der Waals surface area (Å²) in [6.45, 7) is -3.78. The summed E-state index contributed by atoms with van der Waals surface area (Å²) < 4.78 is 84.2. The van der Waals surface area contributed by atoms with Gasteiger partial charge in [-0.1, -0.05) is 38.2 Å². The molecule has 0 aromatic heterocycles. The fraction of sp³-hybridized carbons (Fsp3) is 0.696. The van der Waals surface area contributed by atoms with E-state index in [1.54, 1.807) is 12.1 Å². The molecule has 1 aromatic rings. The van der Waals surface area contributed by atoms with Gasteiger partial charge in [0, 0.05) is 12.3 Å². The predicted molar refractivity (Wildman–Crippen MR) is 107 cm³/mol. The Bertz CT molecular complexity index is 1030. The second kappa shape index (κ2) is 9.75. The zero-order valence-corrected chi connectivity index (χ0v) is 15.6. The molecule has 0 unspecified atom stereocenters. The molecule has 3 N–H and O–H groups in total. The number of aliphatic hydroxyl groups excluding tert-OH is 1. The summed E-state index contributed by atoms with van der Waals surface area (Å²) >= 11 is 0. The Morgan fingerprint density at radius 1 is 1.43 bits per heavy atom. The molecule has 0 radical (unpaired) electrons. The van der Waals surface area contributed by atoms with Crippen LogP contribution in [-0.2, 0) is 17.6 Å². The lowest BCUT2D eigenvalue weighted by atomic mass is 9.73. The molecule has 2 aliphatic carbocycles. The van der Waals surface area contributed by atoms with Crippen LogP contribution in [-0.4, -0.2) is 40.1 Å². The number of rotatable bonds is 10. The maximum absolute atomic E-state index is 10.9. The Balaban J connectivity index is 1.75. The van der Waals surface area contributed by atoms with Crippen molar-refractivity contribution in [3.63, 3.8) is 0 Å². The van der Waals surface area contributed by atoms with Crippen LogP contribution in [0.4, 0.5) is 0 Å². The number of hydrogen-bond acceptors (Lipinski definition) is 4. The van der Waals surface area contributed by atoms with Crippen molar-refractivity contribution in [2.75, 3.05) is 6.61 Å². The van der Waals surface area contributed by atoms with E-state index in [4.69, 9.17) is 23.6 Å². The molecule has 5 heteroatoms. The van der Waals surface area contributed by atoms with Crippen LogP contribution in [0.25, 0.3) is 0 Å². The maximum Gasteiger partial charge on any atom is 0.341 e. The quantitative estimate of drug-likeness (QED) is 0.559. The second-order valence-electron chi connectivity index (χ2n) is 7.49. The van der Waals surface area contributed by atoms with E-state index in [-0.39, 0.29) is 18.3 Å². The first kappa shape index (κ1) is 11.6. The number of carboxylic acid groups (broad SMARTS) is 1. The van der Waals surface area contributed by atoms with Crippen molar-refractivity contribution in [1.82, 2.24) is 0 Å². The molecule has 28 heavy (non-hydrogen) atoms. The molecule has 1 aromatic carbocycles. The van der Waals surface area contributed by atoms with Crippen molar-refractivity contribution >= 4 is 5.97 Å².